The van der Waals surface area contributed by atoms with E-state index in [0.717, 1.165) is 0 Å². The second kappa shape index (κ2) is 6.44. The van der Waals surface area contributed by atoms with Crippen molar-refractivity contribution in [1.29, 1.82) is 0 Å². The van der Waals surface area contributed by atoms with Crippen LogP contribution in [0.3, 0.4) is 0 Å². The second-order valence-electron chi connectivity index (χ2n) is 4.64. The van der Waals surface area contributed by atoms with Gasteiger partial charge in [-0.25, -0.2) is 10.2 Å². The number of amides is 2. The van der Waals surface area contributed by atoms with Crippen LogP contribution >= 0.6 is 0 Å². The molecule has 0 bridgehead atoms. The maximum atomic E-state index is 12.8. The number of nitrogens with two attached hydrogens (primary N) is 1. The van der Waals surface area contributed by atoms with Gasteiger partial charge in [0.05, 0.1) is 6.54 Å². The molecule has 1 heterocycles. The zero-order valence-electron chi connectivity index (χ0n) is 11.0. The molecule has 2 amide bonds. The molecule has 0 radical (unpaired) electrons. The lowest BCUT2D eigenvalue weighted by Crippen LogP contribution is -2.51. The summed E-state index contributed by atoms with van der Waals surface area (Å²) in [5, 5.41) is 0. The molecule has 7 heteroatoms. The third-order valence-electron chi connectivity index (χ3n) is 3.28. The van der Waals surface area contributed by atoms with Crippen molar-refractivity contribution in [3.05, 3.63) is 35.6 Å². The molecule has 1 aromatic rings. The fourth-order valence-electron chi connectivity index (χ4n) is 2.13. The molecule has 1 aliphatic rings. The summed E-state index contributed by atoms with van der Waals surface area (Å²) < 4.78 is 12.8. The van der Waals surface area contributed by atoms with Crippen molar-refractivity contribution >= 4 is 11.8 Å². The third kappa shape index (κ3) is 3.52. The molecule has 0 atom stereocenters. The number of benzene rings is 1. The van der Waals surface area contributed by atoms with Crippen LogP contribution in [0.1, 0.15) is 10.4 Å². The van der Waals surface area contributed by atoms with Gasteiger partial charge in [-0.3, -0.25) is 19.9 Å². The first-order valence-electron chi connectivity index (χ1n) is 6.37. The molecule has 2 rings (SSSR count). The Bertz CT molecular complexity index is 484. The number of nitrogens with one attached hydrogen (secondary N) is 1. The van der Waals surface area contributed by atoms with E-state index in [-0.39, 0.29) is 24.2 Å². The highest BCUT2D eigenvalue weighted by Gasteiger charge is 2.23. The van der Waals surface area contributed by atoms with E-state index in [1.165, 1.54) is 24.3 Å². The number of piperazine rings is 1. The van der Waals surface area contributed by atoms with Crippen LogP contribution in [0.2, 0.25) is 0 Å². The van der Waals surface area contributed by atoms with E-state index in [9.17, 15) is 14.0 Å². The van der Waals surface area contributed by atoms with Crippen molar-refractivity contribution < 1.29 is 14.0 Å². The van der Waals surface area contributed by atoms with Gasteiger partial charge in [0.15, 0.2) is 0 Å². The molecule has 0 unspecified atom stereocenters. The number of carbonyl (C=O) groups excluding carboxylic acids is 2. The Labute approximate surface area is 116 Å². The van der Waals surface area contributed by atoms with Crippen LogP contribution in [-0.2, 0) is 4.79 Å². The largest absolute Gasteiger partial charge is 0.336 e. The van der Waals surface area contributed by atoms with Gasteiger partial charge in [-0.05, 0) is 24.3 Å². The van der Waals surface area contributed by atoms with Crippen LogP contribution in [0, 0.1) is 5.82 Å². The Balaban J connectivity index is 1.88. The number of hydrazine groups is 1. The average Bonchev–Trinajstić information content (AvgIpc) is 2.48. The Morgan fingerprint density at radius 1 is 1.15 bits per heavy atom. The Morgan fingerprint density at radius 3 is 2.30 bits per heavy atom. The third-order valence-corrected chi connectivity index (χ3v) is 3.28. The van der Waals surface area contributed by atoms with Crippen LogP contribution in [0.25, 0.3) is 0 Å². The SMILES string of the molecule is NNC(=O)CN1CCN(C(=O)c2ccc(F)cc2)CC1. The quantitative estimate of drug-likeness (QED) is 0.447. The van der Waals surface area contributed by atoms with Crippen LogP contribution < -0.4 is 11.3 Å². The zero-order valence-corrected chi connectivity index (χ0v) is 11.0. The Kier molecular flexibility index (Phi) is 4.65. The van der Waals surface area contributed by atoms with Crippen molar-refractivity contribution in [1.82, 2.24) is 15.2 Å². The van der Waals surface area contributed by atoms with E-state index >= 15 is 0 Å². The lowest BCUT2D eigenvalue weighted by Gasteiger charge is -2.34. The fourth-order valence-corrected chi connectivity index (χ4v) is 2.13. The maximum Gasteiger partial charge on any atom is 0.253 e. The molecule has 0 spiro atoms. The monoisotopic (exact) mass is 280 g/mol. The van der Waals surface area contributed by atoms with E-state index in [1.807, 2.05) is 4.90 Å². The number of rotatable bonds is 3. The average molecular weight is 280 g/mol. The van der Waals surface area contributed by atoms with Crippen LogP contribution in [0.15, 0.2) is 24.3 Å². The smallest absolute Gasteiger partial charge is 0.253 e. The summed E-state index contributed by atoms with van der Waals surface area (Å²) in [6.07, 6.45) is 0. The Hall–Kier alpha value is -1.99. The normalized spacial score (nSPS) is 16.0. The highest BCUT2D eigenvalue weighted by molar-refractivity contribution is 5.94. The molecule has 1 fully saturated rings. The molecule has 1 aromatic carbocycles. The molecule has 0 aromatic heterocycles. The topological polar surface area (TPSA) is 78.7 Å². The predicted molar refractivity (Wildman–Crippen MR) is 71.1 cm³/mol. The van der Waals surface area contributed by atoms with Gasteiger partial charge in [0, 0.05) is 31.7 Å². The second-order valence-corrected chi connectivity index (χ2v) is 4.64. The van der Waals surface area contributed by atoms with E-state index in [0.29, 0.717) is 31.7 Å². The summed E-state index contributed by atoms with van der Waals surface area (Å²) in [6, 6.07) is 5.50. The van der Waals surface area contributed by atoms with Crippen molar-refractivity contribution in [3.63, 3.8) is 0 Å². The number of carbonyl (C=O) groups is 2. The molecule has 20 heavy (non-hydrogen) atoms. The molecule has 6 nitrogen and oxygen atoms in total. The number of halogens is 1. The first kappa shape index (κ1) is 14.4. The van der Waals surface area contributed by atoms with Gasteiger partial charge in [0.2, 0.25) is 5.91 Å². The zero-order chi connectivity index (χ0) is 14.5. The minimum absolute atomic E-state index is 0.118. The van der Waals surface area contributed by atoms with Gasteiger partial charge >= 0.3 is 0 Å². The summed E-state index contributed by atoms with van der Waals surface area (Å²) in [6.45, 7) is 2.53. The molecular weight excluding hydrogens is 263 g/mol. The van der Waals surface area contributed by atoms with Crippen molar-refractivity contribution in [2.24, 2.45) is 5.84 Å². The van der Waals surface area contributed by atoms with Crippen molar-refractivity contribution in [3.8, 4) is 0 Å². The molecule has 1 aliphatic heterocycles. The predicted octanol–water partition coefficient (Wildman–Crippen LogP) is -0.427. The van der Waals surface area contributed by atoms with Crippen molar-refractivity contribution in [2.45, 2.75) is 0 Å². The van der Waals surface area contributed by atoms with E-state index in [4.69, 9.17) is 5.84 Å². The summed E-state index contributed by atoms with van der Waals surface area (Å²) in [4.78, 5) is 27.0. The molecule has 0 saturated carbocycles. The van der Waals surface area contributed by atoms with Gasteiger partial charge in [0.25, 0.3) is 5.91 Å². The van der Waals surface area contributed by atoms with Crippen molar-refractivity contribution in [2.75, 3.05) is 32.7 Å². The van der Waals surface area contributed by atoms with E-state index in [1.54, 1.807) is 4.90 Å². The van der Waals surface area contributed by atoms with Gasteiger partial charge in [-0.15, -0.1) is 0 Å². The van der Waals surface area contributed by atoms with Gasteiger partial charge in [0.1, 0.15) is 5.82 Å². The highest BCUT2D eigenvalue weighted by Crippen LogP contribution is 2.09. The fraction of sp³-hybridized carbons (Fsp3) is 0.385. The maximum absolute atomic E-state index is 12.8. The van der Waals surface area contributed by atoms with Gasteiger partial charge < -0.3 is 4.90 Å². The number of hydrogen-bond acceptors (Lipinski definition) is 4. The Morgan fingerprint density at radius 2 is 1.75 bits per heavy atom. The first-order chi connectivity index (χ1) is 9.60. The van der Waals surface area contributed by atoms with Gasteiger partial charge in [-0.2, -0.15) is 0 Å². The molecule has 0 aliphatic carbocycles. The summed E-state index contributed by atoms with van der Waals surface area (Å²) in [5.41, 5.74) is 2.55. The van der Waals surface area contributed by atoms with Crippen LogP contribution in [-0.4, -0.2) is 54.3 Å². The highest BCUT2D eigenvalue weighted by atomic mass is 19.1. The van der Waals surface area contributed by atoms with Crippen LogP contribution in [0.4, 0.5) is 4.39 Å². The van der Waals surface area contributed by atoms with E-state index < -0.39 is 0 Å². The minimum atomic E-state index is -0.362. The lowest BCUT2D eigenvalue weighted by atomic mass is 10.2. The number of hydrogen-bond donors (Lipinski definition) is 2. The number of nitrogens with zero attached hydrogens (tertiary/aromatic N) is 2. The lowest BCUT2D eigenvalue weighted by molar-refractivity contribution is -0.122. The minimum Gasteiger partial charge on any atom is -0.336 e. The summed E-state index contributed by atoms with van der Waals surface area (Å²) in [5.74, 6) is 4.31. The van der Waals surface area contributed by atoms with Gasteiger partial charge in [-0.1, -0.05) is 0 Å². The summed E-state index contributed by atoms with van der Waals surface area (Å²) in [7, 11) is 0. The summed E-state index contributed by atoms with van der Waals surface area (Å²) >= 11 is 0. The van der Waals surface area contributed by atoms with Crippen LogP contribution in [0.5, 0.6) is 0 Å². The standard InChI is InChI=1S/C13H17FN4O2/c14-11-3-1-10(2-4-11)13(20)18-7-5-17(6-8-18)9-12(19)16-15/h1-4H,5-9,15H2,(H,16,19). The first-order valence-corrected chi connectivity index (χ1v) is 6.37. The molecule has 108 valence electrons. The molecule has 1 saturated heterocycles. The molecular formula is C13H17FN4O2. The van der Waals surface area contributed by atoms with E-state index in [2.05, 4.69) is 5.43 Å². The molecule has 3 N–H and O–H groups in total.